The zero-order valence-electron chi connectivity index (χ0n) is 14.9. The lowest BCUT2D eigenvalue weighted by atomic mass is 10.2. The Labute approximate surface area is 157 Å². The Balaban J connectivity index is 2.02. The van der Waals surface area contributed by atoms with E-state index in [0.29, 0.717) is 34.3 Å². The number of amides is 1. The van der Waals surface area contributed by atoms with Crippen molar-refractivity contribution >= 4 is 23.7 Å². The Bertz CT molecular complexity index is 776. The van der Waals surface area contributed by atoms with Gasteiger partial charge in [-0.15, -0.1) is 0 Å². The third kappa shape index (κ3) is 5.13. The van der Waals surface area contributed by atoms with Gasteiger partial charge in [-0.3, -0.25) is 4.79 Å². The summed E-state index contributed by atoms with van der Waals surface area (Å²) in [5.41, 5.74) is 3.53. The zero-order chi connectivity index (χ0) is 18.9. The highest BCUT2D eigenvalue weighted by atomic mass is 35.5. The molecule has 26 heavy (non-hydrogen) atoms. The van der Waals surface area contributed by atoms with Gasteiger partial charge in [-0.2, -0.15) is 5.10 Å². The fourth-order valence-corrected chi connectivity index (χ4v) is 2.32. The van der Waals surface area contributed by atoms with Crippen LogP contribution >= 0.6 is 11.6 Å². The van der Waals surface area contributed by atoms with Crippen molar-refractivity contribution in [2.24, 2.45) is 5.10 Å². The van der Waals surface area contributed by atoms with Gasteiger partial charge in [0.1, 0.15) is 5.75 Å². The number of hydrogen-bond acceptors (Lipinski definition) is 5. The van der Waals surface area contributed by atoms with Crippen molar-refractivity contribution in [2.75, 3.05) is 20.8 Å². The molecule has 0 atom stereocenters. The van der Waals surface area contributed by atoms with Crippen LogP contribution in [0.3, 0.4) is 0 Å². The van der Waals surface area contributed by atoms with Crippen LogP contribution in [0.2, 0.25) is 5.02 Å². The van der Waals surface area contributed by atoms with Crippen molar-refractivity contribution in [3.05, 3.63) is 52.5 Å². The van der Waals surface area contributed by atoms with Crippen LogP contribution in [0, 0.1) is 0 Å². The number of benzene rings is 2. The molecule has 2 aromatic rings. The predicted octanol–water partition coefficient (Wildman–Crippen LogP) is 3.91. The van der Waals surface area contributed by atoms with Crippen LogP contribution in [-0.4, -0.2) is 32.9 Å². The van der Waals surface area contributed by atoms with E-state index in [2.05, 4.69) is 10.5 Å². The second-order valence-corrected chi connectivity index (χ2v) is 5.71. The van der Waals surface area contributed by atoms with Gasteiger partial charge in [0.25, 0.3) is 5.91 Å². The van der Waals surface area contributed by atoms with Crippen LogP contribution in [0.25, 0.3) is 0 Å². The molecule has 1 amide bonds. The molecule has 0 aliphatic heterocycles. The Kier molecular flexibility index (Phi) is 7.29. The van der Waals surface area contributed by atoms with E-state index in [0.717, 1.165) is 12.2 Å². The summed E-state index contributed by atoms with van der Waals surface area (Å²) in [4.78, 5) is 12.1. The number of carbonyl (C=O) groups excluding carboxylic acids is 1. The van der Waals surface area contributed by atoms with E-state index < -0.39 is 0 Å². The highest BCUT2D eigenvalue weighted by Crippen LogP contribution is 2.32. The monoisotopic (exact) mass is 376 g/mol. The van der Waals surface area contributed by atoms with E-state index in [9.17, 15) is 4.79 Å². The molecule has 6 nitrogen and oxygen atoms in total. The number of hydrogen-bond donors (Lipinski definition) is 1. The van der Waals surface area contributed by atoms with Crippen molar-refractivity contribution < 1.29 is 19.0 Å². The third-order valence-corrected chi connectivity index (χ3v) is 3.79. The van der Waals surface area contributed by atoms with E-state index in [4.69, 9.17) is 25.8 Å². The van der Waals surface area contributed by atoms with E-state index in [1.165, 1.54) is 20.4 Å². The van der Waals surface area contributed by atoms with Gasteiger partial charge in [0, 0.05) is 17.2 Å². The molecule has 1 N–H and O–H groups in total. The van der Waals surface area contributed by atoms with E-state index in [-0.39, 0.29) is 5.91 Å². The molecule has 0 aliphatic rings. The first-order valence-electron chi connectivity index (χ1n) is 8.06. The number of ether oxygens (including phenoxy) is 3. The molecule has 0 saturated carbocycles. The van der Waals surface area contributed by atoms with Crippen LogP contribution in [0.5, 0.6) is 17.2 Å². The lowest BCUT2D eigenvalue weighted by Crippen LogP contribution is -2.17. The average Bonchev–Trinajstić information content (AvgIpc) is 2.67. The van der Waals surface area contributed by atoms with Gasteiger partial charge < -0.3 is 14.2 Å². The fraction of sp³-hybridized carbons (Fsp3) is 0.263. The SMILES string of the molecule is CCCOc1ccc(C(=O)N/N=C/c2cc(OC)c(OC)cc2Cl)cc1. The van der Waals surface area contributed by atoms with Gasteiger partial charge in [0.15, 0.2) is 11.5 Å². The largest absolute Gasteiger partial charge is 0.494 e. The fourth-order valence-electron chi connectivity index (χ4n) is 2.12. The number of rotatable bonds is 8. The van der Waals surface area contributed by atoms with Crippen LogP contribution < -0.4 is 19.6 Å². The summed E-state index contributed by atoms with van der Waals surface area (Å²) in [6.45, 7) is 2.67. The molecule has 0 radical (unpaired) electrons. The van der Waals surface area contributed by atoms with Crippen LogP contribution in [0.1, 0.15) is 29.3 Å². The number of methoxy groups -OCH3 is 2. The summed E-state index contributed by atoms with van der Waals surface area (Å²) in [6, 6.07) is 10.2. The van der Waals surface area contributed by atoms with Gasteiger partial charge in [-0.05, 0) is 36.8 Å². The summed E-state index contributed by atoms with van der Waals surface area (Å²) < 4.78 is 15.9. The van der Waals surface area contributed by atoms with Gasteiger partial charge in [-0.1, -0.05) is 18.5 Å². The molecule has 7 heteroatoms. The lowest BCUT2D eigenvalue weighted by Gasteiger charge is -2.09. The van der Waals surface area contributed by atoms with Gasteiger partial charge in [-0.25, -0.2) is 5.43 Å². The van der Waals surface area contributed by atoms with Crippen molar-refractivity contribution in [3.63, 3.8) is 0 Å². The molecule has 0 aliphatic carbocycles. The second kappa shape index (κ2) is 9.68. The summed E-state index contributed by atoms with van der Waals surface area (Å²) in [7, 11) is 3.06. The van der Waals surface area contributed by atoms with Crippen molar-refractivity contribution in [2.45, 2.75) is 13.3 Å². The zero-order valence-corrected chi connectivity index (χ0v) is 15.7. The normalized spacial score (nSPS) is 10.6. The average molecular weight is 377 g/mol. The Morgan fingerprint density at radius 1 is 1.15 bits per heavy atom. The predicted molar refractivity (Wildman–Crippen MR) is 102 cm³/mol. The minimum Gasteiger partial charge on any atom is -0.494 e. The van der Waals surface area contributed by atoms with Crippen LogP contribution in [0.4, 0.5) is 0 Å². The topological polar surface area (TPSA) is 69.2 Å². The summed E-state index contributed by atoms with van der Waals surface area (Å²) in [5.74, 6) is 1.43. The number of carbonyl (C=O) groups is 1. The Morgan fingerprint density at radius 3 is 2.42 bits per heavy atom. The third-order valence-electron chi connectivity index (χ3n) is 3.46. The molecule has 138 valence electrons. The van der Waals surface area contributed by atoms with Crippen molar-refractivity contribution in [1.29, 1.82) is 0 Å². The number of hydrazone groups is 1. The maximum absolute atomic E-state index is 12.1. The van der Waals surface area contributed by atoms with Gasteiger partial charge >= 0.3 is 0 Å². The number of halogens is 1. The Morgan fingerprint density at radius 2 is 1.81 bits per heavy atom. The lowest BCUT2D eigenvalue weighted by molar-refractivity contribution is 0.0955. The smallest absolute Gasteiger partial charge is 0.271 e. The highest BCUT2D eigenvalue weighted by molar-refractivity contribution is 6.33. The first kappa shape index (κ1) is 19.6. The van der Waals surface area contributed by atoms with Gasteiger partial charge in [0.2, 0.25) is 0 Å². The molecule has 0 saturated heterocycles. The summed E-state index contributed by atoms with van der Waals surface area (Å²) in [5, 5.41) is 4.37. The van der Waals surface area contributed by atoms with Crippen molar-refractivity contribution in [3.8, 4) is 17.2 Å². The molecule has 0 bridgehead atoms. The van der Waals surface area contributed by atoms with Crippen molar-refractivity contribution in [1.82, 2.24) is 5.43 Å². The van der Waals surface area contributed by atoms with Crippen LogP contribution in [0.15, 0.2) is 41.5 Å². The molecule has 0 fully saturated rings. The number of nitrogens with one attached hydrogen (secondary N) is 1. The molecule has 0 unspecified atom stereocenters. The summed E-state index contributed by atoms with van der Waals surface area (Å²) >= 11 is 6.18. The molecule has 2 rings (SSSR count). The first-order valence-corrected chi connectivity index (χ1v) is 8.44. The van der Waals surface area contributed by atoms with E-state index >= 15 is 0 Å². The molecule has 2 aromatic carbocycles. The molecular weight excluding hydrogens is 356 g/mol. The second-order valence-electron chi connectivity index (χ2n) is 5.30. The minimum absolute atomic E-state index is 0.333. The molecular formula is C19H21ClN2O4. The van der Waals surface area contributed by atoms with E-state index in [1.807, 2.05) is 6.92 Å². The maximum Gasteiger partial charge on any atom is 0.271 e. The summed E-state index contributed by atoms with van der Waals surface area (Å²) in [6.07, 6.45) is 2.37. The number of nitrogens with zero attached hydrogens (tertiary/aromatic N) is 1. The first-order chi connectivity index (χ1) is 12.6. The Hall–Kier alpha value is -2.73. The molecule has 0 heterocycles. The standard InChI is InChI=1S/C19H21ClN2O4/c1-4-9-26-15-7-5-13(6-8-15)19(23)22-21-12-14-10-17(24-2)18(25-3)11-16(14)20/h5-8,10-12H,4,9H2,1-3H3,(H,22,23)/b21-12+. The maximum atomic E-state index is 12.1. The molecule has 0 spiro atoms. The van der Waals surface area contributed by atoms with Crippen LogP contribution in [-0.2, 0) is 0 Å². The minimum atomic E-state index is -0.333. The quantitative estimate of drug-likeness (QED) is 0.560. The van der Waals surface area contributed by atoms with E-state index in [1.54, 1.807) is 36.4 Å². The highest BCUT2D eigenvalue weighted by Gasteiger charge is 2.09. The van der Waals surface area contributed by atoms with Gasteiger partial charge in [0.05, 0.1) is 32.1 Å². The molecule has 0 aromatic heterocycles.